The van der Waals surface area contributed by atoms with Crippen LogP contribution in [0.15, 0.2) is 11.6 Å². The minimum atomic E-state index is -1.15. The normalized spacial score (nSPS) is 10.8. The summed E-state index contributed by atoms with van der Waals surface area (Å²) in [5.74, 6) is -1.73. The average molecular weight is 238 g/mol. The topological polar surface area (TPSA) is 66.8 Å². The number of carboxylic acids is 1. The van der Waals surface area contributed by atoms with Crippen LogP contribution in [0.25, 0.3) is 0 Å². The van der Waals surface area contributed by atoms with Crippen molar-refractivity contribution in [3.63, 3.8) is 0 Å². The molecule has 0 bridgehead atoms. The summed E-state index contributed by atoms with van der Waals surface area (Å²) in [6.07, 6.45) is 0.831. The number of carbonyl (C=O) groups is 2. The third kappa shape index (κ3) is 9.24. The smallest absolute Gasteiger partial charge is 0.334 e. The van der Waals surface area contributed by atoms with Crippen LogP contribution in [0.2, 0.25) is 0 Å². The Morgan fingerprint density at radius 3 is 2.33 bits per heavy atom. The van der Waals surface area contributed by atoms with Gasteiger partial charge < -0.3 is 14.7 Å². The molecule has 15 heavy (non-hydrogen) atoms. The van der Waals surface area contributed by atoms with Gasteiger partial charge >= 0.3 is 11.9 Å². The van der Waals surface area contributed by atoms with Gasteiger partial charge in [0.1, 0.15) is 6.61 Å². The minimum absolute atomic E-state index is 0. The van der Waals surface area contributed by atoms with E-state index in [0.29, 0.717) is 6.54 Å². The summed E-state index contributed by atoms with van der Waals surface area (Å²) in [6, 6.07) is 0. The lowest BCUT2D eigenvalue weighted by Gasteiger charge is -2.09. The van der Waals surface area contributed by atoms with Crippen molar-refractivity contribution in [1.29, 1.82) is 0 Å². The van der Waals surface area contributed by atoms with Crippen molar-refractivity contribution in [2.45, 2.75) is 6.92 Å². The molecule has 1 N–H and O–H groups in total. The van der Waals surface area contributed by atoms with E-state index in [1.54, 1.807) is 0 Å². The number of aliphatic carboxylic acids is 1. The van der Waals surface area contributed by atoms with Gasteiger partial charge in [-0.25, -0.2) is 9.59 Å². The monoisotopic (exact) mass is 237 g/mol. The largest absolute Gasteiger partial charge is 0.478 e. The van der Waals surface area contributed by atoms with E-state index in [9.17, 15) is 9.59 Å². The Kier molecular flexibility index (Phi) is 9.01. The summed E-state index contributed by atoms with van der Waals surface area (Å²) >= 11 is 0. The van der Waals surface area contributed by atoms with E-state index in [4.69, 9.17) is 9.84 Å². The highest BCUT2D eigenvalue weighted by Crippen LogP contribution is 1.96. The molecule has 0 spiro atoms. The molecule has 88 valence electrons. The standard InChI is InChI=1S/C9H15NO4.ClH/c1-7(6-8(11)12)9(13)14-5-4-10(2)3;/h6H,4-5H2,1-3H3,(H,11,12);1H/b7-6+;. The number of halogens is 1. The van der Waals surface area contributed by atoms with E-state index >= 15 is 0 Å². The third-order valence-corrected chi connectivity index (χ3v) is 1.43. The molecule has 0 fully saturated rings. The van der Waals surface area contributed by atoms with Gasteiger partial charge in [-0.05, 0) is 21.0 Å². The van der Waals surface area contributed by atoms with Gasteiger partial charge in [0.25, 0.3) is 0 Å². The molecular weight excluding hydrogens is 222 g/mol. The van der Waals surface area contributed by atoms with Crippen LogP contribution in [0.3, 0.4) is 0 Å². The maximum atomic E-state index is 11.1. The first-order valence-corrected chi connectivity index (χ1v) is 4.16. The average Bonchev–Trinajstić information content (AvgIpc) is 2.01. The van der Waals surface area contributed by atoms with Crippen molar-refractivity contribution in [2.24, 2.45) is 0 Å². The number of esters is 1. The predicted molar refractivity (Wildman–Crippen MR) is 58.2 cm³/mol. The zero-order valence-electron chi connectivity index (χ0n) is 9.02. The van der Waals surface area contributed by atoms with Crippen molar-refractivity contribution in [3.05, 3.63) is 11.6 Å². The van der Waals surface area contributed by atoms with Crippen LogP contribution in [0, 0.1) is 0 Å². The molecule has 0 saturated carbocycles. The Morgan fingerprint density at radius 1 is 1.40 bits per heavy atom. The summed E-state index contributed by atoms with van der Waals surface area (Å²) in [7, 11) is 3.71. The summed E-state index contributed by atoms with van der Waals surface area (Å²) in [5.41, 5.74) is 0.0938. The number of hydrogen-bond acceptors (Lipinski definition) is 4. The third-order valence-electron chi connectivity index (χ3n) is 1.43. The number of ether oxygens (including phenoxy) is 1. The van der Waals surface area contributed by atoms with Crippen LogP contribution in [0.1, 0.15) is 6.92 Å². The van der Waals surface area contributed by atoms with Gasteiger partial charge in [0.05, 0.1) is 0 Å². The van der Waals surface area contributed by atoms with Crippen LogP contribution < -0.4 is 0 Å². The van der Waals surface area contributed by atoms with E-state index in [1.165, 1.54) is 6.92 Å². The van der Waals surface area contributed by atoms with Crippen LogP contribution in [0.4, 0.5) is 0 Å². The fourth-order valence-electron chi connectivity index (χ4n) is 0.679. The fraction of sp³-hybridized carbons (Fsp3) is 0.556. The quantitative estimate of drug-likeness (QED) is 0.559. The lowest BCUT2D eigenvalue weighted by atomic mass is 10.3. The first-order valence-electron chi connectivity index (χ1n) is 4.16. The number of nitrogens with zero attached hydrogens (tertiary/aromatic N) is 1. The number of likely N-dealkylation sites (N-methyl/N-ethyl adjacent to an activating group) is 1. The number of hydrogen-bond donors (Lipinski definition) is 1. The van der Waals surface area contributed by atoms with Crippen LogP contribution in [0.5, 0.6) is 0 Å². The van der Waals surface area contributed by atoms with Gasteiger partial charge in [-0.2, -0.15) is 0 Å². The van der Waals surface area contributed by atoms with Gasteiger partial charge in [0, 0.05) is 18.2 Å². The van der Waals surface area contributed by atoms with Crippen LogP contribution in [-0.2, 0) is 14.3 Å². The number of rotatable bonds is 5. The summed E-state index contributed by atoms with van der Waals surface area (Å²) < 4.78 is 4.80. The van der Waals surface area contributed by atoms with Gasteiger partial charge in [-0.3, -0.25) is 0 Å². The highest BCUT2D eigenvalue weighted by Gasteiger charge is 2.07. The first kappa shape index (κ1) is 16.4. The van der Waals surface area contributed by atoms with Crippen molar-refractivity contribution in [3.8, 4) is 0 Å². The van der Waals surface area contributed by atoms with Crippen molar-refractivity contribution >= 4 is 24.3 Å². The van der Waals surface area contributed by atoms with Crippen molar-refractivity contribution in [1.82, 2.24) is 4.90 Å². The Labute approximate surface area is 95.1 Å². The Hall–Kier alpha value is -1.07. The Bertz CT molecular complexity index is 250. The lowest BCUT2D eigenvalue weighted by molar-refractivity contribution is -0.140. The second-order valence-electron chi connectivity index (χ2n) is 3.10. The van der Waals surface area contributed by atoms with E-state index in [0.717, 1.165) is 6.08 Å². The molecule has 0 aromatic carbocycles. The summed E-state index contributed by atoms with van der Waals surface area (Å²) in [4.78, 5) is 23.2. The highest BCUT2D eigenvalue weighted by atomic mass is 35.5. The van der Waals surface area contributed by atoms with E-state index in [1.807, 2.05) is 19.0 Å². The van der Waals surface area contributed by atoms with Crippen LogP contribution in [-0.4, -0.2) is 49.2 Å². The number of carbonyl (C=O) groups excluding carboxylic acids is 1. The van der Waals surface area contributed by atoms with Crippen molar-refractivity contribution in [2.75, 3.05) is 27.2 Å². The van der Waals surface area contributed by atoms with Gasteiger partial charge in [-0.1, -0.05) is 0 Å². The molecule has 0 rings (SSSR count). The van der Waals surface area contributed by atoms with Crippen molar-refractivity contribution < 1.29 is 19.4 Å². The second-order valence-corrected chi connectivity index (χ2v) is 3.10. The molecule has 0 saturated heterocycles. The Morgan fingerprint density at radius 2 is 1.93 bits per heavy atom. The Balaban J connectivity index is 0. The van der Waals surface area contributed by atoms with E-state index in [2.05, 4.69) is 0 Å². The molecule has 0 atom stereocenters. The van der Waals surface area contributed by atoms with Gasteiger partial charge in [0.15, 0.2) is 0 Å². The maximum Gasteiger partial charge on any atom is 0.334 e. The molecule has 0 aliphatic heterocycles. The molecule has 0 aliphatic rings. The van der Waals surface area contributed by atoms with E-state index in [-0.39, 0.29) is 24.6 Å². The molecule has 0 radical (unpaired) electrons. The zero-order chi connectivity index (χ0) is 11.1. The molecule has 0 aromatic rings. The molecule has 0 amide bonds. The molecule has 0 aromatic heterocycles. The molecule has 0 unspecified atom stereocenters. The lowest BCUT2D eigenvalue weighted by Crippen LogP contribution is -2.20. The summed E-state index contributed by atoms with van der Waals surface area (Å²) in [6.45, 7) is 2.29. The molecule has 5 nitrogen and oxygen atoms in total. The zero-order valence-corrected chi connectivity index (χ0v) is 9.84. The molecule has 0 aliphatic carbocycles. The predicted octanol–water partition coefficient (Wildman–Crippen LogP) is 0.544. The van der Waals surface area contributed by atoms with E-state index < -0.39 is 11.9 Å². The highest BCUT2D eigenvalue weighted by molar-refractivity contribution is 5.95. The summed E-state index contributed by atoms with van der Waals surface area (Å²) in [5, 5.41) is 8.35. The fourth-order valence-corrected chi connectivity index (χ4v) is 0.679. The molecule has 0 heterocycles. The number of carboxylic acid groups (broad SMARTS) is 1. The first-order chi connectivity index (χ1) is 6.43. The molecule has 6 heteroatoms. The van der Waals surface area contributed by atoms with Gasteiger partial charge in [0.2, 0.25) is 0 Å². The minimum Gasteiger partial charge on any atom is -0.478 e. The second kappa shape index (κ2) is 8.26. The van der Waals surface area contributed by atoms with Crippen LogP contribution >= 0.6 is 12.4 Å². The maximum absolute atomic E-state index is 11.1. The SMILES string of the molecule is C/C(=C\C(=O)O)C(=O)OCCN(C)C.Cl. The van der Waals surface area contributed by atoms with Gasteiger partial charge in [-0.15, -0.1) is 12.4 Å². The molecular formula is C9H16ClNO4.